The second-order valence-corrected chi connectivity index (χ2v) is 10.2. The molecule has 0 aliphatic carbocycles. The minimum absolute atomic E-state index is 0.0209. The van der Waals surface area contributed by atoms with Gasteiger partial charge in [-0.1, -0.05) is 72.8 Å². The third-order valence-electron chi connectivity index (χ3n) is 7.11. The minimum atomic E-state index is -0.335. The summed E-state index contributed by atoms with van der Waals surface area (Å²) in [6.07, 6.45) is 0.747. The van der Waals surface area contributed by atoms with Crippen molar-refractivity contribution in [1.82, 2.24) is 4.90 Å². The standard InChI is InChI=1S/C34H35NO4/c1-24(36)38-29-20-16-27(17-21-29)34-33(25-10-5-4-6-11-25)32(30-12-7-8-13-31(30)39-34)26-14-18-28(19-15-26)37-23-9-22-35(2)3/h4-8,10-21,32-34H,9,22-23H2,1-3H3/t32-,33+,34-/m0/s1. The molecular formula is C34H35NO4. The van der Waals surface area contributed by atoms with Crippen LogP contribution in [0.5, 0.6) is 17.2 Å². The minimum Gasteiger partial charge on any atom is -0.494 e. The molecule has 3 atom stereocenters. The van der Waals surface area contributed by atoms with Gasteiger partial charge in [-0.2, -0.15) is 0 Å². The molecule has 200 valence electrons. The fraction of sp³-hybridized carbons (Fsp3) is 0.265. The highest BCUT2D eigenvalue weighted by Crippen LogP contribution is 2.53. The van der Waals surface area contributed by atoms with Crippen molar-refractivity contribution in [1.29, 1.82) is 0 Å². The summed E-state index contributed by atoms with van der Waals surface area (Å²) in [7, 11) is 4.15. The molecule has 0 saturated carbocycles. The molecule has 0 bridgehead atoms. The van der Waals surface area contributed by atoms with Gasteiger partial charge in [0, 0.05) is 30.9 Å². The van der Waals surface area contributed by atoms with Gasteiger partial charge in [0.2, 0.25) is 0 Å². The van der Waals surface area contributed by atoms with E-state index in [0.29, 0.717) is 12.4 Å². The summed E-state index contributed by atoms with van der Waals surface area (Å²) >= 11 is 0. The Labute approximate surface area is 231 Å². The average Bonchev–Trinajstić information content (AvgIpc) is 2.95. The Bertz CT molecular complexity index is 1370. The van der Waals surface area contributed by atoms with Gasteiger partial charge in [0.05, 0.1) is 6.61 Å². The van der Waals surface area contributed by atoms with E-state index in [1.165, 1.54) is 23.6 Å². The summed E-state index contributed by atoms with van der Waals surface area (Å²) in [5.74, 6) is 2.04. The van der Waals surface area contributed by atoms with Gasteiger partial charge < -0.3 is 19.1 Å². The molecule has 0 aromatic heterocycles. The Morgan fingerprint density at radius 3 is 2.10 bits per heavy atom. The van der Waals surface area contributed by atoms with Gasteiger partial charge >= 0.3 is 5.97 Å². The first-order valence-corrected chi connectivity index (χ1v) is 13.5. The SMILES string of the molecule is CC(=O)Oc1ccc([C@@H]2Oc3ccccc3[C@H](c3ccc(OCCCN(C)C)cc3)[C@H]2c2ccccc2)cc1. The van der Waals surface area contributed by atoms with Crippen molar-refractivity contribution in [3.05, 3.63) is 125 Å². The maximum Gasteiger partial charge on any atom is 0.308 e. The summed E-state index contributed by atoms with van der Waals surface area (Å²) in [5, 5.41) is 0. The topological polar surface area (TPSA) is 48.0 Å². The Morgan fingerprint density at radius 1 is 0.769 bits per heavy atom. The van der Waals surface area contributed by atoms with Crippen LogP contribution < -0.4 is 14.2 Å². The van der Waals surface area contributed by atoms with Crippen molar-refractivity contribution >= 4 is 5.97 Å². The van der Waals surface area contributed by atoms with Crippen LogP contribution in [-0.2, 0) is 4.79 Å². The molecule has 0 amide bonds. The normalized spacial score (nSPS) is 18.2. The average molecular weight is 522 g/mol. The molecule has 0 N–H and O–H groups in total. The lowest BCUT2D eigenvalue weighted by molar-refractivity contribution is -0.131. The van der Waals surface area contributed by atoms with Crippen molar-refractivity contribution in [3.8, 4) is 17.2 Å². The highest BCUT2D eigenvalue weighted by atomic mass is 16.5. The van der Waals surface area contributed by atoms with Gasteiger partial charge in [-0.3, -0.25) is 4.79 Å². The first-order chi connectivity index (χ1) is 19.0. The molecule has 0 saturated heterocycles. The van der Waals surface area contributed by atoms with Crippen molar-refractivity contribution in [2.75, 3.05) is 27.2 Å². The number of nitrogens with zero attached hydrogens (tertiary/aromatic N) is 1. The van der Waals surface area contributed by atoms with Crippen LogP contribution in [0.15, 0.2) is 103 Å². The Morgan fingerprint density at radius 2 is 1.41 bits per heavy atom. The van der Waals surface area contributed by atoms with Crippen LogP contribution in [0.4, 0.5) is 0 Å². The van der Waals surface area contributed by atoms with Crippen LogP contribution in [0.2, 0.25) is 0 Å². The molecule has 1 aliphatic heterocycles. The molecule has 5 heteroatoms. The highest BCUT2D eigenvalue weighted by molar-refractivity contribution is 5.69. The molecule has 0 radical (unpaired) electrons. The lowest BCUT2D eigenvalue weighted by Crippen LogP contribution is -2.29. The van der Waals surface area contributed by atoms with E-state index in [9.17, 15) is 4.79 Å². The monoisotopic (exact) mass is 521 g/mol. The number of carbonyl (C=O) groups excluding carboxylic acids is 1. The van der Waals surface area contributed by atoms with E-state index < -0.39 is 0 Å². The van der Waals surface area contributed by atoms with Crippen LogP contribution >= 0.6 is 0 Å². The van der Waals surface area contributed by atoms with Crippen LogP contribution in [0, 0.1) is 0 Å². The summed E-state index contributed by atoms with van der Waals surface area (Å²) in [4.78, 5) is 13.6. The number of hydrogen-bond acceptors (Lipinski definition) is 5. The predicted octanol–water partition coefficient (Wildman–Crippen LogP) is 6.99. The smallest absolute Gasteiger partial charge is 0.308 e. The lowest BCUT2D eigenvalue weighted by Gasteiger charge is -2.40. The van der Waals surface area contributed by atoms with Crippen LogP contribution in [0.3, 0.4) is 0 Å². The van der Waals surface area contributed by atoms with Gasteiger partial charge in [-0.15, -0.1) is 0 Å². The summed E-state index contributed by atoms with van der Waals surface area (Å²) in [5.41, 5.74) is 4.61. The number of rotatable bonds is 9. The maximum absolute atomic E-state index is 11.4. The molecule has 5 nitrogen and oxygen atoms in total. The molecule has 5 rings (SSSR count). The second-order valence-electron chi connectivity index (χ2n) is 10.2. The van der Waals surface area contributed by atoms with E-state index in [0.717, 1.165) is 30.0 Å². The molecule has 0 unspecified atom stereocenters. The number of carbonyl (C=O) groups is 1. The first-order valence-electron chi connectivity index (χ1n) is 13.5. The summed E-state index contributed by atoms with van der Waals surface area (Å²) in [6, 6.07) is 35.1. The summed E-state index contributed by atoms with van der Waals surface area (Å²) < 4.78 is 18.0. The Kier molecular flexibility index (Phi) is 8.28. The first kappa shape index (κ1) is 26.5. The zero-order chi connectivity index (χ0) is 27.2. The van der Waals surface area contributed by atoms with Gasteiger partial charge in [0.15, 0.2) is 0 Å². The predicted molar refractivity (Wildman–Crippen MR) is 154 cm³/mol. The van der Waals surface area contributed by atoms with Crippen LogP contribution in [0.25, 0.3) is 0 Å². The fourth-order valence-electron chi connectivity index (χ4n) is 5.36. The quantitative estimate of drug-likeness (QED) is 0.135. The van der Waals surface area contributed by atoms with E-state index >= 15 is 0 Å². The van der Waals surface area contributed by atoms with Crippen molar-refractivity contribution in [2.24, 2.45) is 0 Å². The fourth-order valence-corrected chi connectivity index (χ4v) is 5.36. The van der Waals surface area contributed by atoms with E-state index in [4.69, 9.17) is 14.2 Å². The van der Waals surface area contributed by atoms with Crippen molar-refractivity contribution in [2.45, 2.75) is 31.3 Å². The second kappa shape index (κ2) is 12.2. The highest BCUT2D eigenvalue weighted by Gasteiger charge is 2.41. The molecule has 0 fully saturated rings. The van der Waals surface area contributed by atoms with Gasteiger partial charge in [-0.05, 0) is 67.5 Å². The van der Waals surface area contributed by atoms with E-state index in [1.54, 1.807) is 0 Å². The number of benzene rings is 4. The van der Waals surface area contributed by atoms with Gasteiger partial charge in [0.1, 0.15) is 23.4 Å². The third-order valence-corrected chi connectivity index (χ3v) is 7.11. The molecule has 1 aliphatic rings. The number of ether oxygens (including phenoxy) is 3. The van der Waals surface area contributed by atoms with Crippen molar-refractivity contribution in [3.63, 3.8) is 0 Å². The molecular weight excluding hydrogens is 486 g/mol. The van der Waals surface area contributed by atoms with Crippen LogP contribution in [-0.4, -0.2) is 38.1 Å². The third kappa shape index (κ3) is 6.32. The number of esters is 1. The lowest BCUT2D eigenvalue weighted by atomic mass is 9.71. The maximum atomic E-state index is 11.4. The van der Waals surface area contributed by atoms with Crippen LogP contribution in [0.1, 0.15) is 53.5 Å². The molecule has 1 heterocycles. The molecule has 4 aromatic rings. The number of hydrogen-bond donors (Lipinski definition) is 0. The zero-order valence-corrected chi connectivity index (χ0v) is 22.7. The molecule has 39 heavy (non-hydrogen) atoms. The molecule has 0 spiro atoms. The number of para-hydroxylation sites is 1. The van der Waals surface area contributed by atoms with E-state index in [1.807, 2.05) is 42.5 Å². The Hall–Kier alpha value is -4.09. The van der Waals surface area contributed by atoms with Gasteiger partial charge in [0.25, 0.3) is 0 Å². The molecule has 4 aromatic carbocycles. The largest absolute Gasteiger partial charge is 0.494 e. The Balaban J connectivity index is 1.52. The number of fused-ring (bicyclic) bond motifs is 1. The van der Waals surface area contributed by atoms with Crippen molar-refractivity contribution < 1.29 is 19.0 Å². The van der Waals surface area contributed by atoms with Gasteiger partial charge in [-0.25, -0.2) is 0 Å². The summed E-state index contributed by atoms with van der Waals surface area (Å²) in [6.45, 7) is 3.10. The van der Waals surface area contributed by atoms with E-state index in [2.05, 4.69) is 79.7 Å². The van der Waals surface area contributed by atoms with E-state index in [-0.39, 0.29) is 23.9 Å². The zero-order valence-electron chi connectivity index (χ0n) is 22.7.